The summed E-state index contributed by atoms with van der Waals surface area (Å²) in [5.41, 5.74) is 8.45. The number of pyridine rings is 2. The fourth-order valence-electron chi connectivity index (χ4n) is 4.45. The van der Waals surface area contributed by atoms with Gasteiger partial charge in [0.2, 0.25) is 5.91 Å². The van der Waals surface area contributed by atoms with Crippen molar-refractivity contribution in [2.45, 2.75) is 26.2 Å². The van der Waals surface area contributed by atoms with Gasteiger partial charge >= 0.3 is 0 Å². The molecule has 3 N–H and O–H groups in total. The molecule has 178 valence electrons. The summed E-state index contributed by atoms with van der Waals surface area (Å²) in [6, 6.07) is 14.4. The van der Waals surface area contributed by atoms with Crippen LogP contribution in [-0.2, 0) is 4.79 Å². The molecule has 6 rings (SSSR count). The molecule has 0 aliphatic heterocycles. The number of aromatic amines is 2. The number of hydrogen-bond donors (Lipinski definition) is 3. The Morgan fingerprint density at radius 3 is 2.83 bits per heavy atom. The molecular weight excluding hydrogens is 468 g/mol. The van der Waals surface area contributed by atoms with E-state index in [2.05, 4.69) is 66.3 Å². The lowest BCUT2D eigenvalue weighted by Crippen LogP contribution is -2.11. The van der Waals surface area contributed by atoms with Crippen molar-refractivity contribution in [1.29, 1.82) is 0 Å². The van der Waals surface area contributed by atoms with Gasteiger partial charge in [-0.25, -0.2) is 4.98 Å². The number of H-pyrrole nitrogens is 2. The van der Waals surface area contributed by atoms with Gasteiger partial charge in [0.15, 0.2) is 0 Å². The molecule has 8 heteroatoms. The molecule has 5 aromatic heterocycles. The first kappa shape index (κ1) is 22.2. The number of fused-ring (bicyclic) bond motifs is 2. The number of hydrogen-bond acceptors (Lipinski definition) is 5. The van der Waals surface area contributed by atoms with Crippen LogP contribution in [0.4, 0.5) is 5.69 Å². The normalized spacial score (nSPS) is 11.4. The maximum atomic E-state index is 12.2. The Hall–Kier alpha value is -4.30. The molecule has 1 aromatic carbocycles. The predicted molar refractivity (Wildman–Crippen MR) is 146 cm³/mol. The third-order valence-corrected chi connectivity index (χ3v) is 6.98. The molecule has 5 heterocycles. The van der Waals surface area contributed by atoms with Gasteiger partial charge in [0, 0.05) is 35.2 Å². The van der Waals surface area contributed by atoms with Crippen molar-refractivity contribution in [3.05, 3.63) is 71.8 Å². The van der Waals surface area contributed by atoms with Crippen LogP contribution in [0.25, 0.3) is 55.6 Å². The van der Waals surface area contributed by atoms with Gasteiger partial charge in [-0.2, -0.15) is 16.4 Å². The zero-order valence-electron chi connectivity index (χ0n) is 19.7. The van der Waals surface area contributed by atoms with Gasteiger partial charge in [-0.1, -0.05) is 19.4 Å². The molecule has 0 spiro atoms. The molecule has 1 amide bonds. The summed E-state index contributed by atoms with van der Waals surface area (Å²) in [5, 5.41) is 17.0. The maximum absolute atomic E-state index is 12.2. The summed E-state index contributed by atoms with van der Waals surface area (Å²) < 4.78 is 0. The van der Waals surface area contributed by atoms with Crippen LogP contribution in [-0.4, -0.2) is 31.1 Å². The van der Waals surface area contributed by atoms with Crippen molar-refractivity contribution in [1.82, 2.24) is 25.1 Å². The Labute approximate surface area is 211 Å². The highest BCUT2D eigenvalue weighted by molar-refractivity contribution is 7.08. The number of benzene rings is 1. The van der Waals surface area contributed by atoms with Crippen LogP contribution in [0.3, 0.4) is 0 Å². The van der Waals surface area contributed by atoms with E-state index in [0.29, 0.717) is 12.1 Å². The fourth-order valence-corrected chi connectivity index (χ4v) is 5.11. The predicted octanol–water partition coefficient (Wildman–Crippen LogP) is 7.03. The van der Waals surface area contributed by atoms with Crippen LogP contribution >= 0.6 is 11.3 Å². The van der Waals surface area contributed by atoms with Crippen molar-refractivity contribution in [3.8, 4) is 33.6 Å². The molecule has 0 saturated carbocycles. The zero-order chi connectivity index (χ0) is 24.5. The molecule has 0 aliphatic rings. The Morgan fingerprint density at radius 1 is 1.03 bits per heavy atom. The van der Waals surface area contributed by atoms with E-state index < -0.39 is 0 Å². The minimum absolute atomic E-state index is 0.0117. The summed E-state index contributed by atoms with van der Waals surface area (Å²) >= 11 is 1.68. The first-order chi connectivity index (χ1) is 17.7. The van der Waals surface area contributed by atoms with Gasteiger partial charge < -0.3 is 10.3 Å². The number of rotatable bonds is 7. The molecule has 0 unspecified atom stereocenters. The van der Waals surface area contributed by atoms with Crippen molar-refractivity contribution in [2.24, 2.45) is 0 Å². The number of carbonyl (C=O) groups is 1. The van der Waals surface area contributed by atoms with E-state index in [1.807, 2.05) is 36.7 Å². The largest absolute Gasteiger partial charge is 0.338 e. The molecule has 36 heavy (non-hydrogen) atoms. The molecule has 7 nitrogen and oxygen atoms in total. The molecule has 0 fully saturated rings. The van der Waals surface area contributed by atoms with Crippen molar-refractivity contribution in [2.75, 3.05) is 5.32 Å². The van der Waals surface area contributed by atoms with Gasteiger partial charge in [0.1, 0.15) is 11.3 Å². The minimum atomic E-state index is 0.0117. The lowest BCUT2D eigenvalue weighted by molar-refractivity contribution is -0.116. The molecule has 0 saturated heterocycles. The lowest BCUT2D eigenvalue weighted by Gasteiger charge is -2.07. The lowest BCUT2D eigenvalue weighted by atomic mass is 10.0. The second kappa shape index (κ2) is 9.39. The molecule has 0 radical (unpaired) electrons. The van der Waals surface area contributed by atoms with Crippen LogP contribution < -0.4 is 5.32 Å². The average Bonchev–Trinajstić information content (AvgIpc) is 3.66. The molecule has 6 aromatic rings. The zero-order valence-corrected chi connectivity index (χ0v) is 20.5. The van der Waals surface area contributed by atoms with Crippen LogP contribution in [0.2, 0.25) is 0 Å². The number of carbonyl (C=O) groups excluding carboxylic acids is 1. The standard InChI is InChI=1S/C28H24N6OS/c1-2-3-4-26(35)31-20-11-19(14-29-15-20)17-5-6-24-23(12-17)27(34-33-24)25-13-22-21(18-8-10-36-16-18)7-9-30-28(22)32-25/h5-16H,2-4H2,1H3,(H,30,32)(H,31,35)(H,33,34). The Bertz CT molecular complexity index is 1680. The van der Waals surface area contributed by atoms with Crippen LogP contribution in [0, 0.1) is 0 Å². The highest BCUT2D eigenvalue weighted by Gasteiger charge is 2.15. The number of nitrogens with one attached hydrogen (secondary N) is 3. The number of thiophene rings is 1. The topological polar surface area (TPSA) is 99.3 Å². The number of nitrogens with zero attached hydrogens (tertiary/aromatic N) is 3. The highest BCUT2D eigenvalue weighted by atomic mass is 32.1. The highest BCUT2D eigenvalue weighted by Crippen LogP contribution is 2.35. The Morgan fingerprint density at radius 2 is 1.97 bits per heavy atom. The van der Waals surface area contributed by atoms with Gasteiger partial charge in [0.25, 0.3) is 0 Å². The Balaban J connectivity index is 1.37. The fraction of sp³-hybridized carbons (Fsp3) is 0.143. The second-order valence-electron chi connectivity index (χ2n) is 8.76. The molecular formula is C28H24N6OS. The van der Waals surface area contributed by atoms with Crippen LogP contribution in [0.5, 0.6) is 0 Å². The molecule has 0 aliphatic carbocycles. The van der Waals surface area contributed by atoms with E-state index in [-0.39, 0.29) is 5.91 Å². The first-order valence-electron chi connectivity index (χ1n) is 11.9. The van der Waals surface area contributed by atoms with E-state index in [4.69, 9.17) is 0 Å². The third kappa shape index (κ3) is 4.16. The quantitative estimate of drug-likeness (QED) is 0.223. The van der Waals surface area contributed by atoms with Crippen molar-refractivity contribution in [3.63, 3.8) is 0 Å². The van der Waals surface area contributed by atoms with Gasteiger partial charge in [-0.15, -0.1) is 0 Å². The first-order valence-corrected chi connectivity index (χ1v) is 12.9. The Kier molecular flexibility index (Phi) is 5.79. The SMILES string of the molecule is CCCCC(=O)Nc1cncc(-c2ccc3[nH]nc(-c4cc5c(-c6ccsc6)ccnc5[nH]4)c3c2)c1. The summed E-state index contributed by atoms with van der Waals surface area (Å²) in [5.74, 6) is 0.0117. The summed E-state index contributed by atoms with van der Waals surface area (Å²) in [6.07, 6.45) is 7.69. The van der Waals surface area contributed by atoms with Crippen molar-refractivity contribution >= 4 is 44.9 Å². The average molecular weight is 493 g/mol. The summed E-state index contributed by atoms with van der Waals surface area (Å²) in [4.78, 5) is 24.5. The van der Waals surface area contributed by atoms with Crippen LogP contribution in [0.15, 0.2) is 71.8 Å². The molecule has 0 bridgehead atoms. The van der Waals surface area contributed by atoms with Crippen LogP contribution in [0.1, 0.15) is 26.2 Å². The monoisotopic (exact) mass is 492 g/mol. The van der Waals surface area contributed by atoms with E-state index in [1.165, 1.54) is 5.56 Å². The summed E-state index contributed by atoms with van der Waals surface area (Å²) in [6.45, 7) is 2.07. The molecule has 0 atom stereocenters. The van der Waals surface area contributed by atoms with Gasteiger partial charge in [-0.05, 0) is 70.3 Å². The number of anilines is 1. The summed E-state index contributed by atoms with van der Waals surface area (Å²) in [7, 11) is 0. The van der Waals surface area contributed by atoms with E-state index in [1.54, 1.807) is 17.5 Å². The van der Waals surface area contributed by atoms with E-state index >= 15 is 0 Å². The van der Waals surface area contributed by atoms with Gasteiger partial charge in [0.05, 0.1) is 23.1 Å². The maximum Gasteiger partial charge on any atom is 0.224 e. The third-order valence-electron chi connectivity index (χ3n) is 6.29. The number of amides is 1. The van der Waals surface area contributed by atoms with Crippen molar-refractivity contribution < 1.29 is 4.79 Å². The van der Waals surface area contributed by atoms with E-state index in [0.717, 1.165) is 62.9 Å². The smallest absolute Gasteiger partial charge is 0.224 e. The second-order valence-corrected chi connectivity index (χ2v) is 9.54. The minimum Gasteiger partial charge on any atom is -0.338 e. The number of aromatic nitrogens is 5. The van der Waals surface area contributed by atoms with Gasteiger partial charge in [-0.3, -0.25) is 14.9 Å². The number of unbranched alkanes of at least 4 members (excludes halogenated alkanes) is 1. The van der Waals surface area contributed by atoms with E-state index in [9.17, 15) is 4.79 Å².